The summed E-state index contributed by atoms with van der Waals surface area (Å²) in [5.41, 5.74) is -0.158. The zero-order valence-electron chi connectivity index (χ0n) is 9.50. The number of nitrogens with zero attached hydrogens (tertiary/aromatic N) is 1. The van der Waals surface area contributed by atoms with Gasteiger partial charge in [0.25, 0.3) is 5.91 Å². The number of thiophene rings is 1. The molecule has 2 nitrogen and oxygen atoms in total. The average molecular weight is 290 g/mol. The van der Waals surface area contributed by atoms with Crippen LogP contribution in [0.5, 0.6) is 0 Å². The maximum atomic E-state index is 12.1. The van der Waals surface area contributed by atoms with Crippen molar-refractivity contribution in [3.63, 3.8) is 0 Å². The van der Waals surface area contributed by atoms with Gasteiger partial charge in [0.05, 0.1) is 4.88 Å². The molecule has 0 unspecified atom stereocenters. The first-order valence-corrected chi connectivity index (χ1v) is 6.73. The van der Waals surface area contributed by atoms with Crippen LogP contribution in [0, 0.1) is 6.92 Å². The van der Waals surface area contributed by atoms with Gasteiger partial charge in [0, 0.05) is 22.8 Å². The van der Waals surface area contributed by atoms with E-state index in [1.165, 1.54) is 4.88 Å². The van der Waals surface area contributed by atoms with Crippen molar-refractivity contribution < 1.29 is 4.79 Å². The number of hydrogen-bond acceptors (Lipinski definition) is 2. The van der Waals surface area contributed by atoms with Crippen molar-refractivity contribution in [3.8, 4) is 0 Å². The summed E-state index contributed by atoms with van der Waals surface area (Å²) in [6, 6.07) is 3.87. The maximum Gasteiger partial charge on any atom is 0.264 e. The number of alkyl halides is 1. The van der Waals surface area contributed by atoms with Crippen LogP contribution in [0.25, 0.3) is 0 Å². The second kappa shape index (κ2) is 4.66. The van der Waals surface area contributed by atoms with E-state index in [0.717, 1.165) is 10.2 Å². The zero-order chi connectivity index (χ0) is 11.6. The molecular formula is C11H16BrNOS. The Hall–Kier alpha value is -0.350. The Bertz CT molecular complexity index is 359. The summed E-state index contributed by atoms with van der Waals surface area (Å²) in [4.78, 5) is 15.8. The number of carbonyl (C=O) groups is 1. The lowest BCUT2D eigenvalue weighted by Gasteiger charge is -2.33. The zero-order valence-corrected chi connectivity index (χ0v) is 11.9. The van der Waals surface area contributed by atoms with E-state index in [4.69, 9.17) is 0 Å². The van der Waals surface area contributed by atoms with Crippen molar-refractivity contribution in [2.45, 2.75) is 26.3 Å². The lowest BCUT2D eigenvalue weighted by Crippen LogP contribution is -2.46. The summed E-state index contributed by atoms with van der Waals surface area (Å²) in [6.45, 7) is 6.09. The highest BCUT2D eigenvalue weighted by atomic mass is 79.9. The van der Waals surface area contributed by atoms with Crippen molar-refractivity contribution >= 4 is 33.2 Å². The van der Waals surface area contributed by atoms with E-state index in [2.05, 4.69) is 15.9 Å². The molecular weight excluding hydrogens is 274 g/mol. The van der Waals surface area contributed by atoms with Crippen LogP contribution in [-0.4, -0.2) is 28.7 Å². The van der Waals surface area contributed by atoms with Crippen LogP contribution in [0.3, 0.4) is 0 Å². The molecule has 0 fully saturated rings. The molecule has 84 valence electrons. The van der Waals surface area contributed by atoms with E-state index in [9.17, 15) is 4.79 Å². The van der Waals surface area contributed by atoms with Gasteiger partial charge >= 0.3 is 0 Å². The van der Waals surface area contributed by atoms with Gasteiger partial charge in [-0.25, -0.2) is 0 Å². The molecule has 15 heavy (non-hydrogen) atoms. The molecule has 1 amide bonds. The lowest BCUT2D eigenvalue weighted by molar-refractivity contribution is 0.0668. The van der Waals surface area contributed by atoms with Crippen molar-refractivity contribution in [2.24, 2.45) is 0 Å². The summed E-state index contributed by atoms with van der Waals surface area (Å²) in [5, 5.41) is 0.770. The second-order valence-electron chi connectivity index (χ2n) is 4.22. The fraction of sp³-hybridized carbons (Fsp3) is 0.545. The molecule has 1 rings (SSSR count). The number of aryl methyl sites for hydroxylation is 1. The molecule has 1 heterocycles. The number of amides is 1. The van der Waals surface area contributed by atoms with Crippen molar-refractivity contribution in [1.29, 1.82) is 0 Å². The molecule has 0 atom stereocenters. The van der Waals surface area contributed by atoms with E-state index in [1.54, 1.807) is 16.2 Å². The Morgan fingerprint density at radius 3 is 2.53 bits per heavy atom. The summed E-state index contributed by atoms with van der Waals surface area (Å²) in [7, 11) is 1.85. The van der Waals surface area contributed by atoms with E-state index >= 15 is 0 Å². The Balaban J connectivity index is 2.86. The van der Waals surface area contributed by atoms with Crippen molar-refractivity contribution in [3.05, 3.63) is 21.9 Å². The maximum absolute atomic E-state index is 12.1. The third-order valence-electron chi connectivity index (χ3n) is 2.49. The number of carbonyl (C=O) groups excluding carboxylic acids is 1. The first kappa shape index (κ1) is 12.7. The minimum atomic E-state index is -0.158. The van der Waals surface area contributed by atoms with Crippen LogP contribution in [0.4, 0.5) is 0 Å². The summed E-state index contributed by atoms with van der Waals surface area (Å²) < 4.78 is 0. The third-order valence-corrected chi connectivity index (χ3v) is 4.85. The van der Waals surface area contributed by atoms with E-state index in [1.807, 2.05) is 40.0 Å². The molecule has 0 spiro atoms. The van der Waals surface area contributed by atoms with Crippen molar-refractivity contribution in [1.82, 2.24) is 4.90 Å². The van der Waals surface area contributed by atoms with Crippen LogP contribution in [0.15, 0.2) is 12.1 Å². The highest BCUT2D eigenvalue weighted by molar-refractivity contribution is 9.09. The molecule has 0 aliphatic carbocycles. The predicted octanol–water partition coefficient (Wildman–Crippen LogP) is 3.30. The average Bonchev–Trinajstić information content (AvgIpc) is 2.62. The molecule has 0 aliphatic heterocycles. The minimum Gasteiger partial charge on any atom is -0.335 e. The van der Waals surface area contributed by atoms with Crippen LogP contribution >= 0.6 is 27.3 Å². The van der Waals surface area contributed by atoms with Gasteiger partial charge in [-0.2, -0.15) is 0 Å². The van der Waals surface area contributed by atoms with Crippen molar-refractivity contribution in [2.75, 3.05) is 12.4 Å². The number of halogens is 1. The van der Waals surface area contributed by atoms with Gasteiger partial charge < -0.3 is 4.90 Å². The second-order valence-corrected chi connectivity index (χ2v) is 6.07. The van der Waals surface area contributed by atoms with Crippen LogP contribution in [-0.2, 0) is 0 Å². The Morgan fingerprint density at radius 2 is 2.13 bits per heavy atom. The molecule has 4 heteroatoms. The summed E-state index contributed by atoms with van der Waals surface area (Å²) in [6.07, 6.45) is 0. The first-order chi connectivity index (χ1) is 6.88. The lowest BCUT2D eigenvalue weighted by atomic mass is 10.1. The Morgan fingerprint density at radius 1 is 1.53 bits per heavy atom. The highest BCUT2D eigenvalue weighted by Crippen LogP contribution is 2.22. The van der Waals surface area contributed by atoms with Gasteiger partial charge in [-0.3, -0.25) is 4.79 Å². The third kappa shape index (κ3) is 2.82. The first-order valence-electron chi connectivity index (χ1n) is 4.79. The Labute approximate surface area is 103 Å². The summed E-state index contributed by atoms with van der Waals surface area (Å²) in [5.74, 6) is 0.0950. The molecule has 0 N–H and O–H groups in total. The number of rotatable bonds is 3. The monoisotopic (exact) mass is 289 g/mol. The molecule has 0 radical (unpaired) electrons. The topological polar surface area (TPSA) is 20.3 Å². The number of hydrogen-bond donors (Lipinski definition) is 0. The SMILES string of the molecule is Cc1ccc(C(=O)N(C)C(C)(C)CBr)s1. The van der Waals surface area contributed by atoms with Crippen LogP contribution < -0.4 is 0 Å². The quantitative estimate of drug-likeness (QED) is 0.782. The van der Waals surface area contributed by atoms with Gasteiger partial charge in [-0.1, -0.05) is 15.9 Å². The minimum absolute atomic E-state index is 0.0950. The van der Waals surface area contributed by atoms with Crippen LogP contribution in [0.2, 0.25) is 0 Å². The smallest absolute Gasteiger partial charge is 0.264 e. The van der Waals surface area contributed by atoms with E-state index < -0.39 is 0 Å². The summed E-state index contributed by atoms with van der Waals surface area (Å²) >= 11 is 4.97. The normalized spacial score (nSPS) is 11.5. The van der Waals surface area contributed by atoms with Gasteiger partial charge in [0.1, 0.15) is 0 Å². The fourth-order valence-corrected chi connectivity index (χ4v) is 2.30. The fourth-order valence-electron chi connectivity index (χ4n) is 1.08. The highest BCUT2D eigenvalue weighted by Gasteiger charge is 2.27. The molecule has 0 aliphatic rings. The standard InChI is InChI=1S/C11H16BrNOS/c1-8-5-6-9(15-8)10(14)13(4)11(2,3)7-12/h5-6H,7H2,1-4H3. The molecule has 0 saturated heterocycles. The van der Waals surface area contributed by atoms with Gasteiger partial charge in [0.15, 0.2) is 0 Å². The van der Waals surface area contributed by atoms with Gasteiger partial charge in [-0.15, -0.1) is 11.3 Å². The largest absolute Gasteiger partial charge is 0.335 e. The van der Waals surface area contributed by atoms with Crippen LogP contribution in [0.1, 0.15) is 28.4 Å². The van der Waals surface area contributed by atoms with E-state index in [0.29, 0.717) is 0 Å². The molecule has 0 bridgehead atoms. The van der Waals surface area contributed by atoms with E-state index in [-0.39, 0.29) is 11.4 Å². The molecule has 1 aromatic heterocycles. The molecule has 1 aromatic rings. The molecule has 0 saturated carbocycles. The van der Waals surface area contributed by atoms with Gasteiger partial charge in [0.2, 0.25) is 0 Å². The Kier molecular flexibility index (Phi) is 3.95. The predicted molar refractivity (Wildman–Crippen MR) is 69.0 cm³/mol. The van der Waals surface area contributed by atoms with Gasteiger partial charge in [-0.05, 0) is 32.9 Å². The molecule has 0 aromatic carbocycles.